The molecule has 92 valence electrons. The highest BCUT2D eigenvalue weighted by molar-refractivity contribution is 14.1. The molecule has 1 aromatic carbocycles. The molecule has 2 rings (SSSR count). The summed E-state index contributed by atoms with van der Waals surface area (Å²) in [4.78, 5) is 12.2. The normalized spacial score (nSPS) is 17.1. The summed E-state index contributed by atoms with van der Waals surface area (Å²) in [6.07, 6.45) is 3.34. The molecule has 0 aromatic heterocycles. The number of hydrogen-bond donors (Lipinski definition) is 1. The zero-order chi connectivity index (χ0) is 12.5. The van der Waals surface area contributed by atoms with Gasteiger partial charge in [0.15, 0.2) is 0 Å². The van der Waals surface area contributed by atoms with Crippen molar-refractivity contribution in [3.63, 3.8) is 0 Å². The fourth-order valence-electron chi connectivity index (χ4n) is 1.98. The van der Waals surface area contributed by atoms with Crippen molar-refractivity contribution in [1.82, 2.24) is 5.32 Å². The van der Waals surface area contributed by atoms with Crippen LogP contribution in [-0.2, 0) is 0 Å². The van der Waals surface area contributed by atoms with Gasteiger partial charge in [-0.15, -0.1) is 0 Å². The van der Waals surface area contributed by atoms with Gasteiger partial charge in [-0.2, -0.15) is 0 Å². The largest absolute Gasteiger partial charge is 0.497 e. The van der Waals surface area contributed by atoms with E-state index < -0.39 is 0 Å². The third-order valence-electron chi connectivity index (χ3n) is 3.29. The van der Waals surface area contributed by atoms with E-state index in [2.05, 4.69) is 34.8 Å². The van der Waals surface area contributed by atoms with Crippen LogP contribution < -0.4 is 10.1 Å². The Balaban J connectivity index is 2.18. The summed E-state index contributed by atoms with van der Waals surface area (Å²) in [6, 6.07) is 5.56. The second-order valence-corrected chi connectivity index (χ2v) is 5.88. The van der Waals surface area contributed by atoms with Gasteiger partial charge in [0.25, 0.3) is 5.91 Å². The van der Waals surface area contributed by atoms with Crippen LogP contribution in [0.1, 0.15) is 36.5 Å². The third-order valence-corrected chi connectivity index (χ3v) is 4.23. The molecule has 17 heavy (non-hydrogen) atoms. The summed E-state index contributed by atoms with van der Waals surface area (Å²) in [7, 11) is 1.61. The fourth-order valence-corrected chi connectivity index (χ4v) is 2.56. The first-order chi connectivity index (χ1) is 8.04. The lowest BCUT2D eigenvalue weighted by atomic mass is 9.78. The SMILES string of the molecule is COc1ccc(I)c(C(=O)NC2(C)CCC2)c1. The molecule has 4 heteroatoms. The zero-order valence-electron chi connectivity index (χ0n) is 10.0. The molecule has 1 N–H and O–H groups in total. The molecule has 0 saturated heterocycles. The quantitative estimate of drug-likeness (QED) is 0.856. The molecule has 0 atom stereocenters. The summed E-state index contributed by atoms with van der Waals surface area (Å²) in [6.45, 7) is 2.10. The molecule has 1 fully saturated rings. The monoisotopic (exact) mass is 345 g/mol. The van der Waals surface area contributed by atoms with Gasteiger partial charge in [0.05, 0.1) is 12.7 Å². The number of methoxy groups -OCH3 is 1. The number of nitrogens with one attached hydrogen (secondary N) is 1. The zero-order valence-corrected chi connectivity index (χ0v) is 12.2. The van der Waals surface area contributed by atoms with E-state index in [0.717, 1.165) is 16.4 Å². The second kappa shape index (κ2) is 4.84. The van der Waals surface area contributed by atoms with Gasteiger partial charge in [0, 0.05) is 9.11 Å². The van der Waals surface area contributed by atoms with E-state index >= 15 is 0 Å². The van der Waals surface area contributed by atoms with Crippen LogP contribution in [0.25, 0.3) is 0 Å². The first-order valence-electron chi connectivity index (χ1n) is 5.70. The minimum absolute atomic E-state index is 0.00417. The molecule has 1 aromatic rings. The summed E-state index contributed by atoms with van der Waals surface area (Å²) in [5.41, 5.74) is 0.682. The Hall–Kier alpha value is -0.780. The molecule has 3 nitrogen and oxygen atoms in total. The van der Waals surface area contributed by atoms with Gasteiger partial charge < -0.3 is 10.1 Å². The Morgan fingerprint density at radius 1 is 1.47 bits per heavy atom. The Kier molecular flexibility index (Phi) is 3.61. The first-order valence-corrected chi connectivity index (χ1v) is 6.78. The van der Waals surface area contributed by atoms with Gasteiger partial charge in [0.1, 0.15) is 5.75 Å². The van der Waals surface area contributed by atoms with Gasteiger partial charge in [-0.3, -0.25) is 4.79 Å². The Morgan fingerprint density at radius 2 is 2.18 bits per heavy atom. The number of hydrogen-bond acceptors (Lipinski definition) is 2. The van der Waals surface area contributed by atoms with E-state index in [0.29, 0.717) is 11.3 Å². The molecule has 0 radical (unpaired) electrons. The second-order valence-electron chi connectivity index (χ2n) is 4.71. The molecule has 1 aliphatic rings. The van der Waals surface area contributed by atoms with Crippen LogP contribution in [0.5, 0.6) is 5.75 Å². The maximum absolute atomic E-state index is 12.2. The van der Waals surface area contributed by atoms with Gasteiger partial charge in [-0.05, 0) is 67.0 Å². The lowest BCUT2D eigenvalue weighted by Gasteiger charge is -2.39. The number of amides is 1. The van der Waals surface area contributed by atoms with E-state index in [1.54, 1.807) is 13.2 Å². The molecular formula is C13H16INO2. The number of carbonyl (C=O) groups is 1. The Bertz CT molecular complexity index is 441. The van der Waals surface area contributed by atoms with Crippen molar-refractivity contribution in [3.05, 3.63) is 27.3 Å². The van der Waals surface area contributed by atoms with E-state index in [1.807, 2.05) is 12.1 Å². The number of benzene rings is 1. The maximum atomic E-state index is 12.2. The number of halogens is 1. The van der Waals surface area contributed by atoms with Crippen molar-refractivity contribution >= 4 is 28.5 Å². The Labute approximate surface area is 115 Å². The smallest absolute Gasteiger partial charge is 0.252 e. The van der Waals surface area contributed by atoms with Crippen LogP contribution in [-0.4, -0.2) is 18.6 Å². The maximum Gasteiger partial charge on any atom is 0.252 e. The molecule has 0 heterocycles. The van der Waals surface area contributed by atoms with Crippen LogP contribution in [0.2, 0.25) is 0 Å². The molecule has 0 spiro atoms. The van der Waals surface area contributed by atoms with Gasteiger partial charge in [-0.1, -0.05) is 0 Å². The van der Waals surface area contributed by atoms with Gasteiger partial charge in [-0.25, -0.2) is 0 Å². The predicted octanol–water partition coefficient (Wildman–Crippen LogP) is 2.97. The summed E-state index contributed by atoms with van der Waals surface area (Å²) < 4.78 is 6.10. The van der Waals surface area contributed by atoms with Crippen LogP contribution in [0, 0.1) is 3.57 Å². The van der Waals surface area contributed by atoms with Crippen molar-refractivity contribution < 1.29 is 9.53 Å². The van der Waals surface area contributed by atoms with E-state index in [1.165, 1.54) is 6.42 Å². The highest BCUT2D eigenvalue weighted by atomic mass is 127. The van der Waals surface area contributed by atoms with E-state index in [4.69, 9.17) is 4.74 Å². The average molecular weight is 345 g/mol. The molecule has 1 amide bonds. The molecule has 0 bridgehead atoms. The van der Waals surface area contributed by atoms with Crippen LogP contribution in [0.4, 0.5) is 0 Å². The van der Waals surface area contributed by atoms with Gasteiger partial charge in [0.2, 0.25) is 0 Å². The first kappa shape index (κ1) is 12.7. The van der Waals surface area contributed by atoms with E-state index in [-0.39, 0.29) is 11.4 Å². The van der Waals surface area contributed by atoms with E-state index in [9.17, 15) is 4.79 Å². The standard InChI is InChI=1S/C13H16INO2/c1-13(6-3-7-13)15-12(16)10-8-9(17-2)4-5-11(10)14/h4-5,8H,3,6-7H2,1-2H3,(H,15,16). The van der Waals surface area contributed by atoms with Crippen molar-refractivity contribution in [2.75, 3.05) is 7.11 Å². The number of ether oxygens (including phenoxy) is 1. The molecule has 0 aliphatic heterocycles. The minimum Gasteiger partial charge on any atom is -0.497 e. The molecular weight excluding hydrogens is 329 g/mol. The number of carbonyl (C=O) groups excluding carboxylic acids is 1. The highest BCUT2D eigenvalue weighted by Gasteiger charge is 2.33. The predicted molar refractivity (Wildman–Crippen MR) is 75.4 cm³/mol. The van der Waals surface area contributed by atoms with Crippen molar-refractivity contribution in [3.8, 4) is 5.75 Å². The van der Waals surface area contributed by atoms with Crippen LogP contribution in [0.3, 0.4) is 0 Å². The van der Waals surface area contributed by atoms with Crippen LogP contribution in [0.15, 0.2) is 18.2 Å². The summed E-state index contributed by atoms with van der Waals surface area (Å²) in [5, 5.41) is 3.10. The minimum atomic E-state index is -0.0107. The van der Waals surface area contributed by atoms with Crippen molar-refractivity contribution in [2.45, 2.75) is 31.7 Å². The summed E-state index contributed by atoms with van der Waals surface area (Å²) >= 11 is 2.17. The highest BCUT2D eigenvalue weighted by Crippen LogP contribution is 2.31. The summed E-state index contributed by atoms with van der Waals surface area (Å²) in [5.74, 6) is 0.713. The van der Waals surface area contributed by atoms with Crippen LogP contribution >= 0.6 is 22.6 Å². The lowest BCUT2D eigenvalue weighted by molar-refractivity contribution is 0.0849. The van der Waals surface area contributed by atoms with Crippen molar-refractivity contribution in [2.24, 2.45) is 0 Å². The fraction of sp³-hybridized carbons (Fsp3) is 0.462. The molecule has 1 saturated carbocycles. The lowest BCUT2D eigenvalue weighted by Crippen LogP contribution is -2.51. The number of rotatable bonds is 3. The molecule has 1 aliphatic carbocycles. The topological polar surface area (TPSA) is 38.3 Å². The molecule has 0 unspecified atom stereocenters. The third kappa shape index (κ3) is 2.73. The Morgan fingerprint density at radius 3 is 2.71 bits per heavy atom. The van der Waals surface area contributed by atoms with Crippen molar-refractivity contribution in [1.29, 1.82) is 0 Å². The average Bonchev–Trinajstić information content (AvgIpc) is 2.27. The van der Waals surface area contributed by atoms with Gasteiger partial charge >= 0.3 is 0 Å².